The third-order valence-corrected chi connectivity index (χ3v) is 7.97. The molecule has 0 atom stereocenters. The molecule has 4 heterocycles. The van der Waals surface area contributed by atoms with E-state index in [4.69, 9.17) is 5.21 Å². The number of thioether (sulfide) groups is 1. The first-order valence-electron chi connectivity index (χ1n) is 12.2. The summed E-state index contributed by atoms with van der Waals surface area (Å²) >= 11 is 2.04. The molecule has 2 aromatic carbocycles. The summed E-state index contributed by atoms with van der Waals surface area (Å²) < 4.78 is 0. The smallest absolute Gasteiger partial charge is 0.277 e. The molecule has 0 unspecified atom stereocenters. The quantitative estimate of drug-likeness (QED) is 0.283. The average Bonchev–Trinajstić information content (AvgIpc) is 3.30. The highest BCUT2D eigenvalue weighted by Crippen LogP contribution is 2.33. The Morgan fingerprint density at radius 3 is 2.67 bits per heavy atom. The molecule has 184 valence electrons. The van der Waals surface area contributed by atoms with Crippen molar-refractivity contribution in [2.24, 2.45) is 0 Å². The minimum absolute atomic E-state index is 0.220. The Morgan fingerprint density at radius 2 is 1.86 bits per heavy atom. The molecule has 0 bridgehead atoms. The summed E-state index contributed by atoms with van der Waals surface area (Å²) in [6, 6.07) is 15.6. The third-order valence-electron chi connectivity index (χ3n) is 7.03. The van der Waals surface area contributed by atoms with Crippen molar-refractivity contribution >= 4 is 34.5 Å². The second-order valence-corrected chi connectivity index (χ2v) is 10.5. The van der Waals surface area contributed by atoms with Gasteiger partial charge in [0.15, 0.2) is 0 Å². The summed E-state index contributed by atoms with van der Waals surface area (Å²) in [4.78, 5) is 28.6. The van der Waals surface area contributed by atoms with Crippen LogP contribution in [-0.4, -0.2) is 62.1 Å². The number of hydrogen-bond donors (Lipinski definition) is 3. The Balaban J connectivity index is 1.26. The number of H-pyrrole nitrogens is 1. The van der Waals surface area contributed by atoms with Crippen molar-refractivity contribution < 1.29 is 10.0 Å². The zero-order valence-electron chi connectivity index (χ0n) is 19.9. The number of nitrogens with one attached hydrogen (secondary N) is 2. The fraction of sp³-hybridized carbons (Fsp3) is 0.296. The molecule has 1 fully saturated rings. The van der Waals surface area contributed by atoms with Crippen molar-refractivity contribution in [2.45, 2.75) is 19.5 Å². The lowest BCUT2D eigenvalue weighted by Gasteiger charge is -2.27. The van der Waals surface area contributed by atoms with Gasteiger partial charge in [0.2, 0.25) is 5.95 Å². The number of hydrogen-bond acceptors (Lipinski definition) is 7. The van der Waals surface area contributed by atoms with Crippen LogP contribution in [0.25, 0.3) is 22.0 Å². The maximum atomic E-state index is 11.6. The summed E-state index contributed by atoms with van der Waals surface area (Å²) in [5, 5.41) is 10.0. The van der Waals surface area contributed by atoms with Crippen LogP contribution >= 0.6 is 11.8 Å². The molecule has 0 saturated carbocycles. The zero-order valence-corrected chi connectivity index (χ0v) is 20.7. The molecule has 0 radical (unpaired) electrons. The van der Waals surface area contributed by atoms with E-state index in [1.165, 1.54) is 57.2 Å². The molecule has 0 spiro atoms. The maximum absolute atomic E-state index is 11.6. The van der Waals surface area contributed by atoms with E-state index in [0.29, 0.717) is 12.5 Å². The standard InChI is InChI=1S/C27H28N6O2S/c34-26(31-35)21-14-28-27(29-15-21)33-7-6-25-23(17-33)22-13-20(4-5-24(22)30-25)19-3-1-2-18(12-19)16-32-8-10-36-11-9-32/h1-5,12-15,30,35H,6-11,16-17H2,(H,31,34). The topological polar surface area (TPSA) is 97.4 Å². The van der Waals surface area contributed by atoms with Gasteiger partial charge in [-0.05, 0) is 34.9 Å². The van der Waals surface area contributed by atoms with Crippen LogP contribution in [0, 0.1) is 0 Å². The summed E-state index contributed by atoms with van der Waals surface area (Å²) in [7, 11) is 0. The van der Waals surface area contributed by atoms with Gasteiger partial charge < -0.3 is 9.88 Å². The lowest BCUT2D eigenvalue weighted by molar-refractivity contribution is 0.0705. The predicted molar refractivity (Wildman–Crippen MR) is 142 cm³/mol. The fourth-order valence-corrected chi connectivity index (χ4v) is 6.08. The third kappa shape index (κ3) is 4.57. The highest BCUT2D eigenvalue weighted by molar-refractivity contribution is 7.99. The van der Waals surface area contributed by atoms with Crippen LogP contribution < -0.4 is 10.4 Å². The van der Waals surface area contributed by atoms with E-state index in [-0.39, 0.29) is 5.56 Å². The van der Waals surface area contributed by atoms with Crippen LogP contribution in [0.1, 0.15) is 27.2 Å². The summed E-state index contributed by atoms with van der Waals surface area (Å²) in [5.74, 6) is 2.40. The van der Waals surface area contributed by atoms with Crippen molar-refractivity contribution in [1.29, 1.82) is 0 Å². The molecule has 1 amide bonds. The Hall–Kier alpha value is -3.40. The van der Waals surface area contributed by atoms with E-state index in [1.807, 2.05) is 11.8 Å². The van der Waals surface area contributed by atoms with E-state index in [9.17, 15) is 4.79 Å². The summed E-state index contributed by atoms with van der Waals surface area (Å²) in [5.41, 5.74) is 9.31. The number of aromatic nitrogens is 3. The van der Waals surface area contributed by atoms with Gasteiger partial charge in [0, 0.05) is 85.2 Å². The molecule has 2 aliphatic rings. The molecule has 1 saturated heterocycles. The maximum Gasteiger partial charge on any atom is 0.277 e. The van der Waals surface area contributed by atoms with Gasteiger partial charge in [-0.25, -0.2) is 15.4 Å². The van der Waals surface area contributed by atoms with Gasteiger partial charge in [-0.15, -0.1) is 0 Å². The fourth-order valence-electron chi connectivity index (χ4n) is 5.10. The van der Waals surface area contributed by atoms with Gasteiger partial charge in [0.05, 0.1) is 5.56 Å². The monoisotopic (exact) mass is 500 g/mol. The number of carbonyl (C=O) groups is 1. The number of rotatable bonds is 5. The molecule has 36 heavy (non-hydrogen) atoms. The van der Waals surface area contributed by atoms with Crippen molar-refractivity contribution in [1.82, 2.24) is 25.3 Å². The summed E-state index contributed by atoms with van der Waals surface area (Å²) in [6.07, 6.45) is 3.74. The molecule has 2 aromatic heterocycles. The van der Waals surface area contributed by atoms with Gasteiger partial charge in [0.1, 0.15) is 0 Å². The van der Waals surface area contributed by atoms with Gasteiger partial charge in [0.25, 0.3) is 5.91 Å². The van der Waals surface area contributed by atoms with Crippen LogP contribution in [-0.2, 0) is 19.5 Å². The number of carbonyl (C=O) groups excluding carboxylic acids is 1. The van der Waals surface area contributed by atoms with Crippen LogP contribution in [0.15, 0.2) is 54.9 Å². The van der Waals surface area contributed by atoms with Gasteiger partial charge in [-0.3, -0.25) is 14.9 Å². The van der Waals surface area contributed by atoms with Crippen LogP contribution in [0.4, 0.5) is 5.95 Å². The molecular weight excluding hydrogens is 472 g/mol. The first-order chi connectivity index (χ1) is 17.7. The predicted octanol–water partition coefficient (Wildman–Crippen LogP) is 3.86. The Kier molecular flexibility index (Phi) is 6.35. The number of aromatic amines is 1. The highest BCUT2D eigenvalue weighted by Gasteiger charge is 2.23. The van der Waals surface area contributed by atoms with E-state index in [1.54, 1.807) is 5.48 Å². The average molecular weight is 501 g/mol. The molecule has 8 nitrogen and oxygen atoms in total. The SMILES string of the molecule is O=C(NO)c1cnc(N2CCc3[nH]c4ccc(-c5cccc(CN6CCSCC6)c5)cc4c3C2)nc1. The van der Waals surface area contributed by atoms with Crippen molar-refractivity contribution in [3.05, 3.63) is 77.2 Å². The highest BCUT2D eigenvalue weighted by atomic mass is 32.2. The molecule has 9 heteroatoms. The van der Waals surface area contributed by atoms with Crippen molar-refractivity contribution in [3.63, 3.8) is 0 Å². The van der Waals surface area contributed by atoms with Crippen LogP contribution in [0.3, 0.4) is 0 Å². The number of fused-ring (bicyclic) bond motifs is 3. The van der Waals surface area contributed by atoms with Crippen molar-refractivity contribution in [3.8, 4) is 11.1 Å². The normalized spacial score (nSPS) is 16.2. The largest absolute Gasteiger partial charge is 0.358 e. The number of nitrogens with zero attached hydrogens (tertiary/aromatic N) is 4. The number of hydroxylamine groups is 1. The summed E-state index contributed by atoms with van der Waals surface area (Å²) in [6.45, 7) is 4.80. The zero-order chi connectivity index (χ0) is 24.5. The van der Waals surface area contributed by atoms with E-state index in [2.05, 4.69) is 67.2 Å². The van der Waals surface area contributed by atoms with E-state index < -0.39 is 5.91 Å². The molecule has 6 rings (SSSR count). The van der Waals surface area contributed by atoms with Crippen LogP contribution in [0.5, 0.6) is 0 Å². The number of anilines is 1. The Labute approximate surface area is 213 Å². The molecule has 0 aliphatic carbocycles. The Morgan fingerprint density at radius 1 is 1.06 bits per heavy atom. The number of amides is 1. The second kappa shape index (κ2) is 9.93. The van der Waals surface area contributed by atoms with Gasteiger partial charge in [-0.1, -0.05) is 24.3 Å². The first-order valence-corrected chi connectivity index (χ1v) is 13.4. The molecule has 2 aliphatic heterocycles. The first kappa shape index (κ1) is 23.0. The lowest BCUT2D eigenvalue weighted by Crippen LogP contribution is -2.31. The van der Waals surface area contributed by atoms with E-state index >= 15 is 0 Å². The molecule has 3 N–H and O–H groups in total. The molecule has 4 aromatic rings. The van der Waals surface area contributed by atoms with Crippen molar-refractivity contribution in [2.75, 3.05) is 36.0 Å². The molecular formula is C27H28N6O2S. The van der Waals surface area contributed by atoms with Gasteiger partial charge in [-0.2, -0.15) is 11.8 Å². The lowest BCUT2D eigenvalue weighted by atomic mass is 9.99. The number of benzene rings is 2. The minimum Gasteiger partial charge on any atom is -0.358 e. The van der Waals surface area contributed by atoms with E-state index in [0.717, 1.165) is 38.1 Å². The van der Waals surface area contributed by atoms with Gasteiger partial charge >= 0.3 is 0 Å². The Bertz CT molecular complexity index is 1400. The van der Waals surface area contributed by atoms with Crippen LogP contribution in [0.2, 0.25) is 0 Å². The second-order valence-electron chi connectivity index (χ2n) is 9.32. The minimum atomic E-state index is -0.620.